The van der Waals surface area contributed by atoms with E-state index in [0.29, 0.717) is 5.41 Å². The molecule has 0 heteroatoms. The van der Waals surface area contributed by atoms with E-state index in [-0.39, 0.29) is 0 Å². The van der Waals surface area contributed by atoms with Gasteiger partial charge in [-0.15, -0.1) is 0 Å². The van der Waals surface area contributed by atoms with Gasteiger partial charge in [0.25, 0.3) is 0 Å². The highest BCUT2D eigenvalue weighted by Gasteiger charge is 2.47. The van der Waals surface area contributed by atoms with Gasteiger partial charge in [-0.1, -0.05) is 202 Å². The van der Waals surface area contributed by atoms with E-state index in [1.807, 2.05) is 0 Å². The first kappa shape index (κ1) is 55.3. The van der Waals surface area contributed by atoms with Crippen LogP contribution < -0.4 is 0 Å². The third-order valence-corrected chi connectivity index (χ3v) is 27.2. The Morgan fingerprint density at radius 3 is 1.11 bits per heavy atom. The molecule has 14 rings (SSSR count). The summed E-state index contributed by atoms with van der Waals surface area (Å²) in [7, 11) is 0. The molecule has 0 amide bonds. The lowest BCUT2D eigenvalue weighted by Gasteiger charge is -2.40. The van der Waals surface area contributed by atoms with Crippen molar-refractivity contribution < 1.29 is 0 Å². The van der Waals surface area contributed by atoms with Crippen LogP contribution in [-0.4, -0.2) is 0 Å². The molecule has 0 heterocycles. The van der Waals surface area contributed by atoms with E-state index in [9.17, 15) is 0 Å². The average Bonchev–Trinajstić information content (AvgIpc) is 3.56. The summed E-state index contributed by atoms with van der Waals surface area (Å²) < 4.78 is 0. The molecular weight excluding hydrogens is 865 g/mol. The van der Waals surface area contributed by atoms with Gasteiger partial charge in [0.05, 0.1) is 0 Å². The summed E-state index contributed by atoms with van der Waals surface area (Å²) in [5, 5.41) is 0. The molecule has 14 aliphatic carbocycles. The molecule has 0 saturated heterocycles. The summed E-state index contributed by atoms with van der Waals surface area (Å²) in [6.07, 6.45) is 73.1. The zero-order chi connectivity index (χ0) is 49.8. The fourth-order valence-electron chi connectivity index (χ4n) is 23.5. The highest BCUT2D eigenvalue weighted by molar-refractivity contribution is 4.99. The Hall–Kier alpha value is 0. The third kappa shape index (κ3) is 14.4. The van der Waals surface area contributed by atoms with Crippen LogP contribution in [0, 0.1) is 110 Å². The second kappa shape index (κ2) is 24.6. The lowest BCUT2D eigenvalue weighted by Crippen LogP contribution is -2.28. The number of hydrogen-bond acceptors (Lipinski definition) is 0. The minimum absolute atomic E-state index is 0.705. The van der Waals surface area contributed by atoms with Gasteiger partial charge < -0.3 is 0 Å². The van der Waals surface area contributed by atoms with E-state index in [1.165, 1.54) is 57.8 Å². The minimum atomic E-state index is 0.705. The maximum Gasteiger partial charge on any atom is -0.0290 e. The van der Waals surface area contributed by atoms with Crippen LogP contribution in [-0.2, 0) is 0 Å². The smallest absolute Gasteiger partial charge is 0.0290 e. The fraction of sp³-hybridized carbons (Fsp3) is 1.00. The first-order chi connectivity index (χ1) is 34.8. The van der Waals surface area contributed by atoms with Gasteiger partial charge in [0, 0.05) is 0 Å². The summed E-state index contributed by atoms with van der Waals surface area (Å²) in [4.78, 5) is 0. The van der Waals surface area contributed by atoms with Gasteiger partial charge in [-0.3, -0.25) is 0 Å². The van der Waals surface area contributed by atoms with Crippen LogP contribution in [0.25, 0.3) is 0 Å². The van der Waals surface area contributed by atoms with E-state index in [0.717, 1.165) is 105 Å². The van der Waals surface area contributed by atoms with Gasteiger partial charge in [-0.05, 0) is 251 Å². The van der Waals surface area contributed by atoms with Crippen LogP contribution in [0.4, 0.5) is 0 Å². The quantitative estimate of drug-likeness (QED) is 0.264. The van der Waals surface area contributed by atoms with Crippen molar-refractivity contribution in [3.8, 4) is 0 Å². The first-order valence-electron chi connectivity index (χ1n) is 34.8. The molecule has 14 aliphatic rings. The van der Waals surface area contributed by atoms with E-state index in [1.54, 1.807) is 244 Å². The Kier molecular flexibility index (Phi) is 18.9. The molecular formula is C72H126. The molecule has 0 aliphatic heterocycles. The minimum Gasteiger partial charge on any atom is -0.0651 e. The molecule has 0 N–H and O–H groups in total. The van der Waals surface area contributed by atoms with E-state index in [2.05, 4.69) is 41.5 Å². The Labute approximate surface area is 451 Å². The second-order valence-corrected chi connectivity index (χ2v) is 33.2. The van der Waals surface area contributed by atoms with Crippen molar-refractivity contribution in [1.29, 1.82) is 0 Å². The number of hydrogen-bond donors (Lipinski definition) is 0. The lowest BCUT2D eigenvalue weighted by atomic mass is 9.65. The van der Waals surface area contributed by atoms with E-state index in [4.69, 9.17) is 0 Å². The van der Waals surface area contributed by atoms with Crippen LogP contribution in [0.2, 0.25) is 0 Å². The van der Waals surface area contributed by atoms with Crippen LogP contribution >= 0.6 is 0 Å². The third-order valence-electron chi connectivity index (χ3n) is 27.2. The molecule has 0 nitrogen and oxygen atoms in total. The van der Waals surface area contributed by atoms with Gasteiger partial charge in [0.2, 0.25) is 0 Å². The molecule has 14 saturated carbocycles. The molecule has 0 spiro atoms. The molecule has 14 fully saturated rings. The van der Waals surface area contributed by atoms with E-state index >= 15 is 0 Å². The van der Waals surface area contributed by atoms with Crippen molar-refractivity contribution in [2.45, 2.75) is 343 Å². The lowest BCUT2D eigenvalue weighted by molar-refractivity contribution is 0.113. The van der Waals surface area contributed by atoms with Crippen LogP contribution in [0.15, 0.2) is 0 Å². The largest absolute Gasteiger partial charge is 0.0651 e. The number of fused-ring (bicyclic) bond motifs is 14. The second-order valence-electron chi connectivity index (χ2n) is 33.2. The highest BCUT2D eigenvalue weighted by atomic mass is 14.5. The molecule has 72 heavy (non-hydrogen) atoms. The fourth-order valence-corrected chi connectivity index (χ4v) is 23.5. The van der Waals surface area contributed by atoms with Crippen molar-refractivity contribution in [2.24, 2.45) is 110 Å². The molecule has 0 aromatic rings. The molecule has 0 radical (unpaired) electrons. The van der Waals surface area contributed by atoms with Crippen LogP contribution in [0.5, 0.6) is 0 Å². The summed E-state index contributed by atoms with van der Waals surface area (Å²) >= 11 is 0. The molecule has 0 aromatic heterocycles. The topological polar surface area (TPSA) is 0 Å². The zero-order valence-electron chi connectivity index (χ0n) is 49.8. The van der Waals surface area contributed by atoms with Gasteiger partial charge in [0.15, 0.2) is 0 Å². The van der Waals surface area contributed by atoms with Gasteiger partial charge in [0.1, 0.15) is 0 Å². The standard InChI is InChI=1S/C17H30.C16H28.2C15H26.C9H16/c1-3-17-11-14-5-4-6-15(12-17)8-10-16(2,13-17)9-7-14;1-2-16-10-13-4-3-5-14(11-16)7-9-15(12-16)8-6-13;1-15-7-2-3-12-4-5-13(6-8-15)10-14(9-12)11-15;1-15-9-12-3-2-4-13(10-15)6-8-14(11-15)7-5-12;1-2-8-5-7-3-4-9(8)6-7/h14-15H,3-13H2,1-2H3;13-15H,2-12H2,1H3;2*12-14H,2-11H2,1H3;7-9H,2-6H2,1H3. The summed E-state index contributed by atoms with van der Waals surface area (Å²) in [6.45, 7) is 15.1. The zero-order valence-corrected chi connectivity index (χ0v) is 49.8. The van der Waals surface area contributed by atoms with Gasteiger partial charge in [-0.2, -0.15) is 0 Å². The molecule has 13 atom stereocenters. The normalized spacial score (nSPS) is 49.8. The van der Waals surface area contributed by atoms with E-state index < -0.39 is 0 Å². The van der Waals surface area contributed by atoms with Gasteiger partial charge >= 0.3 is 0 Å². The Morgan fingerprint density at radius 1 is 0.278 bits per heavy atom. The predicted octanol–water partition coefficient (Wildman–Crippen LogP) is 23.1. The SMILES string of the molecule is CC12CC3CCCC(CCC(CC3)C1)C2.CC12CCCC3CCC(CC1)CC(C3)C2.CCC12CC3CCCC(CCC(C)(CC3)C1)C2.CCC12CC3CCCC(CCC(CC3)C1)C2.CCC1CC2CCC1C2. The van der Waals surface area contributed by atoms with Crippen molar-refractivity contribution in [3.05, 3.63) is 0 Å². The average molecular weight is 992 g/mol. The number of rotatable bonds is 3. The summed E-state index contributed by atoms with van der Waals surface area (Å²) in [5.41, 5.74) is 3.72. The summed E-state index contributed by atoms with van der Waals surface area (Å²) in [5.74, 6) is 15.5. The first-order valence-corrected chi connectivity index (χ1v) is 34.8. The van der Waals surface area contributed by atoms with Crippen molar-refractivity contribution in [2.75, 3.05) is 0 Å². The maximum absolute atomic E-state index is 2.61. The van der Waals surface area contributed by atoms with Crippen molar-refractivity contribution in [3.63, 3.8) is 0 Å². The predicted molar refractivity (Wildman–Crippen MR) is 312 cm³/mol. The Bertz CT molecular complexity index is 1570. The highest BCUT2D eigenvalue weighted by Crippen LogP contribution is 2.60. The Morgan fingerprint density at radius 2 is 0.653 bits per heavy atom. The van der Waals surface area contributed by atoms with Crippen LogP contribution in [0.1, 0.15) is 343 Å². The monoisotopic (exact) mass is 991 g/mol. The molecule has 0 aromatic carbocycles. The molecule has 414 valence electrons. The van der Waals surface area contributed by atoms with Crippen molar-refractivity contribution >= 4 is 0 Å². The molecule has 13 unspecified atom stereocenters. The van der Waals surface area contributed by atoms with Crippen LogP contribution in [0.3, 0.4) is 0 Å². The molecule has 18 bridgehead atoms. The maximum atomic E-state index is 2.61. The van der Waals surface area contributed by atoms with Gasteiger partial charge in [-0.25, -0.2) is 0 Å². The Balaban J connectivity index is 0.000000105. The van der Waals surface area contributed by atoms with Crippen molar-refractivity contribution in [1.82, 2.24) is 0 Å². The summed E-state index contributed by atoms with van der Waals surface area (Å²) in [6, 6.07) is 0.